The van der Waals surface area contributed by atoms with Gasteiger partial charge in [0.1, 0.15) is 5.75 Å². The van der Waals surface area contributed by atoms with Gasteiger partial charge in [0.15, 0.2) is 0 Å². The smallest absolute Gasteiger partial charge is 0.488 e. The molecule has 2 aromatic rings. The molecule has 5 rings (SSSR count). The Labute approximate surface area is 196 Å². The van der Waals surface area contributed by atoms with Crippen molar-refractivity contribution in [3.63, 3.8) is 0 Å². The molecule has 0 unspecified atom stereocenters. The number of carbonyl (C=O) groups excluding carboxylic acids is 2. The van der Waals surface area contributed by atoms with Gasteiger partial charge in [-0.1, -0.05) is 24.3 Å². The van der Waals surface area contributed by atoms with Gasteiger partial charge in [-0.05, 0) is 65.1 Å². The Balaban J connectivity index is 1.53. The predicted molar refractivity (Wildman–Crippen MR) is 122 cm³/mol. The molecule has 0 radical (unpaired) electrons. The molecule has 174 valence electrons. The average molecular weight is 463 g/mol. The number of phenolic OH excluding ortho intramolecular Hbond substituents is 1. The van der Waals surface area contributed by atoms with Crippen molar-refractivity contribution in [1.29, 1.82) is 0 Å². The first kappa shape index (κ1) is 22.8. The number of nitrogens with zero attached hydrogens (tertiary/aromatic N) is 1. The van der Waals surface area contributed by atoms with Gasteiger partial charge < -0.3 is 29.9 Å². The predicted octanol–water partition coefficient (Wildman–Crippen LogP) is -0.332. The van der Waals surface area contributed by atoms with Gasteiger partial charge in [0.05, 0.1) is 30.2 Å². The summed E-state index contributed by atoms with van der Waals surface area (Å²) in [6.07, 6.45) is -0.226. The Kier molecular flexibility index (Phi) is 5.83. The molecule has 11 heteroatoms. The third-order valence-electron chi connectivity index (χ3n) is 7.07. The monoisotopic (exact) mass is 463 g/mol. The van der Waals surface area contributed by atoms with Crippen molar-refractivity contribution in [1.82, 2.24) is 0 Å². The number of anilines is 1. The summed E-state index contributed by atoms with van der Waals surface area (Å²) in [5.74, 6) is -2.87. The third-order valence-corrected chi connectivity index (χ3v) is 7.07. The first-order chi connectivity index (χ1) is 16.3. The molecule has 2 amide bonds. The Bertz CT molecular complexity index is 1190. The Hall–Kier alpha value is -2.95. The van der Waals surface area contributed by atoms with Gasteiger partial charge in [0, 0.05) is 0 Å². The molecular weight excluding hydrogens is 440 g/mol. The number of hydrogen-bond acceptors (Lipinski definition) is 8. The number of rotatable bonds is 4. The van der Waals surface area contributed by atoms with Crippen molar-refractivity contribution in [2.24, 2.45) is 17.8 Å². The molecule has 0 spiro atoms. The van der Waals surface area contributed by atoms with E-state index in [0.29, 0.717) is 16.6 Å². The van der Waals surface area contributed by atoms with Gasteiger partial charge in [-0.3, -0.25) is 14.5 Å². The number of allylic oxidation sites excluding steroid dienone is 1. The minimum Gasteiger partial charge on any atom is -0.508 e. The molecule has 0 bridgehead atoms. The fraction of sp³-hybridized carbons (Fsp3) is 0.304. The standard InChI is InChI=1S/C23H23B2NO8/c27-11-13-8-18-20(23(30)26(22(18)29)15-5-2-4-14(9-15)24(31)32)17-10-19(34-25(33)21(13)17)12-3-1-6-16(28)7-12/h1-7,9,17-20,27-28,31-33H,8,10-11H2/t17-,18-,19-,20+/m0/s1. The van der Waals surface area contributed by atoms with Crippen LogP contribution in [0.1, 0.15) is 24.5 Å². The van der Waals surface area contributed by atoms with Crippen LogP contribution in [0.4, 0.5) is 5.69 Å². The van der Waals surface area contributed by atoms with E-state index in [4.69, 9.17) is 4.65 Å². The number of benzene rings is 2. The van der Waals surface area contributed by atoms with E-state index >= 15 is 0 Å². The largest absolute Gasteiger partial charge is 0.508 e. The zero-order valence-electron chi connectivity index (χ0n) is 18.1. The van der Waals surface area contributed by atoms with Crippen LogP contribution in [0.2, 0.25) is 0 Å². The van der Waals surface area contributed by atoms with Crippen molar-refractivity contribution in [3.05, 3.63) is 65.1 Å². The lowest BCUT2D eigenvalue weighted by Crippen LogP contribution is -2.45. The molecule has 0 aromatic heterocycles. The second kappa shape index (κ2) is 8.68. The van der Waals surface area contributed by atoms with Gasteiger partial charge in [-0.15, -0.1) is 0 Å². The van der Waals surface area contributed by atoms with Crippen molar-refractivity contribution < 1.29 is 39.5 Å². The second-order valence-corrected chi connectivity index (χ2v) is 8.95. The maximum atomic E-state index is 13.6. The summed E-state index contributed by atoms with van der Waals surface area (Å²) in [5.41, 5.74) is 1.93. The fourth-order valence-corrected chi connectivity index (χ4v) is 5.58. The lowest BCUT2D eigenvalue weighted by Gasteiger charge is -2.41. The summed E-state index contributed by atoms with van der Waals surface area (Å²) < 4.78 is 5.80. The minimum absolute atomic E-state index is 0.0405. The van der Waals surface area contributed by atoms with E-state index < -0.39 is 49.9 Å². The summed E-state index contributed by atoms with van der Waals surface area (Å²) >= 11 is 0. The van der Waals surface area contributed by atoms with E-state index in [9.17, 15) is 34.9 Å². The van der Waals surface area contributed by atoms with E-state index in [2.05, 4.69) is 0 Å². The number of hydrogen-bond donors (Lipinski definition) is 5. The quantitative estimate of drug-likeness (QED) is 0.306. The molecule has 3 aliphatic rings. The highest BCUT2D eigenvalue weighted by Gasteiger charge is 2.58. The number of aromatic hydroxyl groups is 1. The number of phenols is 1. The summed E-state index contributed by atoms with van der Waals surface area (Å²) in [4.78, 5) is 28.1. The van der Waals surface area contributed by atoms with E-state index in [1.807, 2.05) is 0 Å². The Morgan fingerprint density at radius 3 is 2.53 bits per heavy atom. The molecule has 2 aliphatic heterocycles. The number of aliphatic hydroxyl groups is 1. The lowest BCUT2D eigenvalue weighted by atomic mass is 9.55. The number of carbonyl (C=O) groups is 2. The zero-order valence-corrected chi connectivity index (χ0v) is 18.1. The van der Waals surface area contributed by atoms with Crippen LogP contribution in [0.15, 0.2) is 59.6 Å². The Morgan fingerprint density at radius 2 is 1.82 bits per heavy atom. The molecule has 4 atom stereocenters. The summed E-state index contributed by atoms with van der Waals surface area (Å²) in [6, 6.07) is 12.4. The highest BCUT2D eigenvalue weighted by Crippen LogP contribution is 2.51. The normalized spacial score (nSPS) is 26.6. The number of amides is 2. The SMILES string of the molecule is O=C1[C@H]2[C@H](CC(CO)=C3B(O)O[C@H](c4cccc(O)c4)C[C@H]32)C(=O)N1c1cccc(B(O)O)c1. The fourth-order valence-electron chi connectivity index (χ4n) is 5.58. The first-order valence-corrected chi connectivity index (χ1v) is 11.1. The van der Waals surface area contributed by atoms with Crippen LogP contribution in [0.3, 0.4) is 0 Å². The zero-order chi connectivity index (χ0) is 24.1. The van der Waals surface area contributed by atoms with E-state index in [0.717, 1.165) is 4.90 Å². The maximum absolute atomic E-state index is 13.6. The number of imide groups is 1. The number of fused-ring (bicyclic) bond motifs is 3. The van der Waals surface area contributed by atoms with E-state index in [1.165, 1.54) is 30.3 Å². The van der Waals surface area contributed by atoms with Crippen LogP contribution >= 0.6 is 0 Å². The first-order valence-electron chi connectivity index (χ1n) is 11.1. The highest BCUT2D eigenvalue weighted by molar-refractivity contribution is 6.58. The molecule has 0 saturated carbocycles. The molecule has 9 nitrogen and oxygen atoms in total. The third kappa shape index (κ3) is 3.66. The van der Waals surface area contributed by atoms with Crippen LogP contribution in [-0.4, -0.2) is 57.9 Å². The average Bonchev–Trinajstić information content (AvgIpc) is 3.08. The van der Waals surface area contributed by atoms with E-state index in [-0.39, 0.29) is 36.3 Å². The maximum Gasteiger partial charge on any atom is 0.488 e. The second-order valence-electron chi connectivity index (χ2n) is 8.95. The molecule has 2 fully saturated rings. The van der Waals surface area contributed by atoms with Crippen molar-refractivity contribution >= 4 is 37.2 Å². The van der Waals surface area contributed by atoms with E-state index in [1.54, 1.807) is 18.2 Å². The van der Waals surface area contributed by atoms with Gasteiger partial charge in [0.25, 0.3) is 0 Å². The van der Waals surface area contributed by atoms with Crippen LogP contribution in [0, 0.1) is 17.8 Å². The molecule has 5 N–H and O–H groups in total. The number of aliphatic hydroxyl groups excluding tert-OH is 1. The molecule has 1 aliphatic carbocycles. The summed E-state index contributed by atoms with van der Waals surface area (Å²) in [7, 11) is -3.11. The van der Waals surface area contributed by atoms with Gasteiger partial charge >= 0.3 is 14.2 Å². The van der Waals surface area contributed by atoms with Crippen LogP contribution in [0.5, 0.6) is 5.75 Å². The van der Waals surface area contributed by atoms with Crippen molar-refractivity contribution in [3.8, 4) is 5.75 Å². The van der Waals surface area contributed by atoms with Gasteiger partial charge in [0.2, 0.25) is 11.8 Å². The van der Waals surface area contributed by atoms with Crippen LogP contribution < -0.4 is 10.4 Å². The summed E-state index contributed by atoms with van der Waals surface area (Å²) in [6.45, 7) is -0.375. The Morgan fingerprint density at radius 1 is 1.06 bits per heavy atom. The molecule has 2 heterocycles. The summed E-state index contributed by atoms with van der Waals surface area (Å²) in [5, 5.41) is 49.7. The highest BCUT2D eigenvalue weighted by atomic mass is 16.5. The molecule has 2 aromatic carbocycles. The van der Waals surface area contributed by atoms with Crippen molar-refractivity contribution in [2.75, 3.05) is 11.5 Å². The van der Waals surface area contributed by atoms with Gasteiger partial charge in [-0.25, -0.2) is 0 Å². The molecule has 34 heavy (non-hydrogen) atoms. The topological polar surface area (TPSA) is 148 Å². The van der Waals surface area contributed by atoms with Crippen molar-refractivity contribution in [2.45, 2.75) is 18.9 Å². The molecular formula is C23H23B2NO8. The minimum atomic E-state index is -1.75. The molecule has 2 saturated heterocycles. The van der Waals surface area contributed by atoms with Crippen LogP contribution in [0.25, 0.3) is 0 Å². The van der Waals surface area contributed by atoms with Crippen LogP contribution in [-0.2, 0) is 14.2 Å². The lowest BCUT2D eigenvalue weighted by molar-refractivity contribution is -0.123. The van der Waals surface area contributed by atoms with Gasteiger partial charge in [-0.2, -0.15) is 0 Å².